The highest BCUT2D eigenvalue weighted by Gasteiger charge is 2.27. The van der Waals surface area contributed by atoms with E-state index in [9.17, 15) is 9.90 Å². The Morgan fingerprint density at radius 2 is 2.10 bits per heavy atom. The van der Waals surface area contributed by atoms with Gasteiger partial charge in [-0.05, 0) is 38.3 Å². The molecule has 0 radical (unpaired) electrons. The monoisotopic (exact) mass is 297 g/mol. The van der Waals surface area contributed by atoms with Gasteiger partial charge in [0.1, 0.15) is 0 Å². The molecule has 1 aromatic carbocycles. The fourth-order valence-electron chi connectivity index (χ4n) is 2.62. The Morgan fingerprint density at radius 1 is 1.40 bits per heavy atom. The average Bonchev–Trinajstić information content (AvgIpc) is 2.49. The van der Waals surface area contributed by atoms with Crippen LogP contribution in [0.1, 0.15) is 36.5 Å². The van der Waals surface area contributed by atoms with Gasteiger partial charge in [0.05, 0.1) is 21.9 Å². The summed E-state index contributed by atoms with van der Waals surface area (Å²) in [7, 11) is 0. The lowest BCUT2D eigenvalue weighted by atomic mass is 9.98. The highest BCUT2D eigenvalue weighted by molar-refractivity contribution is 6.34. The molecule has 1 unspecified atom stereocenters. The lowest BCUT2D eigenvalue weighted by molar-refractivity contribution is 0.0481. The van der Waals surface area contributed by atoms with Crippen molar-refractivity contribution in [1.82, 2.24) is 0 Å². The molecule has 6 heteroatoms. The zero-order valence-corrected chi connectivity index (χ0v) is 12.3. The highest BCUT2D eigenvalue weighted by atomic mass is 35.5. The second-order valence-corrected chi connectivity index (χ2v) is 6.01. The number of nitrogen functional groups attached to an aromatic ring is 1. The molecule has 2 rings (SSSR count). The Hall–Kier alpha value is -1.46. The van der Waals surface area contributed by atoms with Gasteiger partial charge in [0.15, 0.2) is 0 Å². The molecule has 1 aliphatic rings. The minimum Gasteiger partial charge on any atom is -0.399 e. The zero-order valence-electron chi connectivity index (χ0n) is 11.5. The smallest absolute Gasteiger partial charge is 0.250 e. The van der Waals surface area contributed by atoms with Crippen molar-refractivity contribution in [2.45, 2.75) is 31.8 Å². The molecule has 1 amide bonds. The van der Waals surface area contributed by atoms with Gasteiger partial charge < -0.3 is 21.5 Å². The average molecular weight is 298 g/mol. The largest absolute Gasteiger partial charge is 0.399 e. The summed E-state index contributed by atoms with van der Waals surface area (Å²) in [5.41, 5.74) is 11.8. The third kappa shape index (κ3) is 3.16. The number of nitrogens with two attached hydrogens (primary N) is 2. The number of primary amides is 1. The molecule has 5 nitrogen and oxygen atoms in total. The summed E-state index contributed by atoms with van der Waals surface area (Å²) < 4.78 is 0. The Balaban J connectivity index is 2.39. The molecular formula is C14H20ClN3O2. The quantitative estimate of drug-likeness (QED) is 0.725. The fourth-order valence-corrected chi connectivity index (χ4v) is 2.96. The first-order valence-electron chi connectivity index (χ1n) is 6.66. The minimum atomic E-state index is -0.679. The summed E-state index contributed by atoms with van der Waals surface area (Å²) in [5, 5.41) is 10.6. The lowest BCUT2D eigenvalue weighted by Crippen LogP contribution is -2.30. The van der Waals surface area contributed by atoms with E-state index in [1.807, 2.05) is 11.8 Å². The van der Waals surface area contributed by atoms with Gasteiger partial charge in [-0.25, -0.2) is 0 Å². The first kappa shape index (κ1) is 14.9. The van der Waals surface area contributed by atoms with Crippen molar-refractivity contribution >= 4 is 28.9 Å². The Morgan fingerprint density at radius 3 is 2.75 bits per heavy atom. The van der Waals surface area contributed by atoms with Crippen LogP contribution in [-0.4, -0.2) is 29.7 Å². The van der Waals surface area contributed by atoms with Crippen molar-refractivity contribution in [3.05, 3.63) is 22.7 Å². The maximum absolute atomic E-state index is 11.6. The van der Waals surface area contributed by atoms with Crippen molar-refractivity contribution < 1.29 is 9.90 Å². The number of aliphatic hydroxyl groups is 1. The first-order chi connectivity index (χ1) is 9.30. The normalized spacial score (nSPS) is 23.4. The number of halogens is 1. The number of benzene rings is 1. The first-order valence-corrected chi connectivity index (χ1v) is 7.04. The highest BCUT2D eigenvalue weighted by Crippen LogP contribution is 2.35. The predicted molar refractivity (Wildman–Crippen MR) is 81.1 cm³/mol. The molecule has 1 heterocycles. The third-order valence-corrected chi connectivity index (χ3v) is 4.02. The van der Waals surface area contributed by atoms with Crippen molar-refractivity contribution in [2.75, 3.05) is 23.7 Å². The molecule has 0 aliphatic carbocycles. The van der Waals surface area contributed by atoms with Crippen LogP contribution < -0.4 is 16.4 Å². The predicted octanol–water partition coefficient (Wildman–Crippen LogP) is 1.76. The van der Waals surface area contributed by atoms with Gasteiger partial charge in [-0.1, -0.05) is 11.6 Å². The van der Waals surface area contributed by atoms with E-state index in [4.69, 9.17) is 23.1 Å². The molecule has 0 spiro atoms. The van der Waals surface area contributed by atoms with E-state index in [0.717, 1.165) is 19.4 Å². The van der Waals surface area contributed by atoms with Crippen LogP contribution in [0, 0.1) is 0 Å². The van der Waals surface area contributed by atoms with Crippen molar-refractivity contribution in [1.29, 1.82) is 0 Å². The summed E-state index contributed by atoms with van der Waals surface area (Å²) >= 11 is 6.24. The molecule has 0 bridgehead atoms. The molecule has 1 atom stereocenters. The van der Waals surface area contributed by atoms with Gasteiger partial charge in [-0.15, -0.1) is 0 Å². The van der Waals surface area contributed by atoms with E-state index < -0.39 is 11.5 Å². The molecule has 1 aliphatic heterocycles. The number of amides is 1. The zero-order chi connectivity index (χ0) is 14.9. The van der Waals surface area contributed by atoms with Gasteiger partial charge in [0, 0.05) is 18.8 Å². The number of anilines is 2. The van der Waals surface area contributed by atoms with Gasteiger partial charge in [0.2, 0.25) is 0 Å². The van der Waals surface area contributed by atoms with Crippen molar-refractivity contribution in [2.24, 2.45) is 5.73 Å². The Kier molecular flexibility index (Phi) is 4.11. The summed E-state index contributed by atoms with van der Waals surface area (Å²) in [6.07, 6.45) is 2.17. The van der Waals surface area contributed by atoms with Crippen LogP contribution >= 0.6 is 11.6 Å². The van der Waals surface area contributed by atoms with E-state index >= 15 is 0 Å². The van der Waals surface area contributed by atoms with Gasteiger partial charge >= 0.3 is 0 Å². The van der Waals surface area contributed by atoms with Crippen molar-refractivity contribution in [3.63, 3.8) is 0 Å². The molecule has 5 N–H and O–H groups in total. The van der Waals surface area contributed by atoms with Crippen LogP contribution in [0.15, 0.2) is 12.1 Å². The van der Waals surface area contributed by atoms with Gasteiger partial charge in [-0.3, -0.25) is 4.79 Å². The lowest BCUT2D eigenvalue weighted by Gasteiger charge is -2.27. The number of hydrogen-bond donors (Lipinski definition) is 3. The molecule has 1 aromatic rings. The van der Waals surface area contributed by atoms with E-state index in [0.29, 0.717) is 34.9 Å². The second-order valence-electron chi connectivity index (χ2n) is 5.60. The molecule has 0 aromatic heterocycles. The fraction of sp³-hybridized carbons (Fsp3) is 0.500. The number of carbonyl (C=O) groups excluding carboxylic acids is 1. The van der Waals surface area contributed by atoms with Gasteiger partial charge in [-0.2, -0.15) is 0 Å². The Labute approximate surface area is 123 Å². The maximum atomic E-state index is 11.6. The molecule has 1 saturated heterocycles. The molecule has 20 heavy (non-hydrogen) atoms. The SMILES string of the molecule is CC1(O)CCCN(c2c(Cl)cc(N)cc2C(N)=O)CC1. The standard InChI is InChI=1S/C14H20ClN3O2/c1-14(20)3-2-5-18(6-4-14)12-10(13(17)19)7-9(16)8-11(12)15/h7-8,20H,2-6,16H2,1H3,(H2,17,19). The number of nitrogens with zero attached hydrogens (tertiary/aromatic N) is 1. The minimum absolute atomic E-state index is 0.330. The van der Waals surface area contributed by atoms with Crippen LogP contribution in [0.3, 0.4) is 0 Å². The summed E-state index contributed by atoms with van der Waals surface area (Å²) in [4.78, 5) is 13.6. The molecule has 1 fully saturated rings. The summed E-state index contributed by atoms with van der Waals surface area (Å²) in [6.45, 7) is 3.17. The number of carbonyl (C=O) groups is 1. The second kappa shape index (κ2) is 5.50. The van der Waals surface area contributed by atoms with Crippen LogP contribution in [0.25, 0.3) is 0 Å². The third-order valence-electron chi connectivity index (χ3n) is 3.73. The van der Waals surface area contributed by atoms with Crippen LogP contribution in [0.4, 0.5) is 11.4 Å². The van der Waals surface area contributed by atoms with Crippen LogP contribution in [-0.2, 0) is 0 Å². The number of rotatable bonds is 2. The molecule has 0 saturated carbocycles. The van der Waals surface area contributed by atoms with E-state index in [2.05, 4.69) is 0 Å². The summed E-state index contributed by atoms with van der Waals surface area (Å²) in [6, 6.07) is 3.17. The Bertz CT molecular complexity index is 531. The number of hydrogen-bond acceptors (Lipinski definition) is 4. The topological polar surface area (TPSA) is 92.6 Å². The summed E-state index contributed by atoms with van der Waals surface area (Å²) in [5.74, 6) is -0.551. The van der Waals surface area contributed by atoms with Gasteiger partial charge in [0.25, 0.3) is 5.91 Å². The maximum Gasteiger partial charge on any atom is 0.250 e. The van der Waals surface area contributed by atoms with E-state index in [1.165, 1.54) is 0 Å². The van der Waals surface area contributed by atoms with Crippen molar-refractivity contribution in [3.8, 4) is 0 Å². The van der Waals surface area contributed by atoms with Crippen LogP contribution in [0.2, 0.25) is 5.02 Å². The molecular weight excluding hydrogens is 278 g/mol. The molecule has 110 valence electrons. The van der Waals surface area contributed by atoms with E-state index in [-0.39, 0.29) is 0 Å². The van der Waals surface area contributed by atoms with Crippen LogP contribution in [0.5, 0.6) is 0 Å². The van der Waals surface area contributed by atoms with E-state index in [1.54, 1.807) is 12.1 Å².